The largest absolute Gasteiger partial charge is 0.135 e. The Hall–Kier alpha value is -1.34. The van der Waals surface area contributed by atoms with Crippen molar-refractivity contribution in [3.63, 3.8) is 0 Å². The molecular formula is C19H22S. The Bertz CT molecular complexity index is 777. The van der Waals surface area contributed by atoms with Crippen LogP contribution in [0.2, 0.25) is 0 Å². The molecule has 0 aliphatic rings. The maximum Gasteiger partial charge on any atom is 0.0387 e. The van der Waals surface area contributed by atoms with Crippen LogP contribution in [0.1, 0.15) is 42.5 Å². The Morgan fingerprint density at radius 1 is 0.800 bits per heavy atom. The first kappa shape index (κ1) is 13.6. The van der Waals surface area contributed by atoms with Crippen molar-refractivity contribution in [2.45, 2.75) is 47.0 Å². The normalized spacial score (nSPS) is 11.6. The summed E-state index contributed by atoms with van der Waals surface area (Å²) in [6.45, 7) is 9.07. The molecule has 0 saturated carbocycles. The number of hydrogen-bond acceptors (Lipinski definition) is 1. The second-order valence-electron chi connectivity index (χ2n) is 5.66. The quantitative estimate of drug-likeness (QED) is 0.537. The van der Waals surface area contributed by atoms with Crippen molar-refractivity contribution in [3.8, 4) is 0 Å². The fourth-order valence-corrected chi connectivity index (χ4v) is 4.53. The van der Waals surface area contributed by atoms with E-state index in [2.05, 4.69) is 52.0 Å². The Morgan fingerprint density at radius 3 is 1.90 bits per heavy atom. The van der Waals surface area contributed by atoms with E-state index in [9.17, 15) is 0 Å². The zero-order valence-electron chi connectivity index (χ0n) is 12.8. The van der Waals surface area contributed by atoms with Crippen molar-refractivity contribution in [2.75, 3.05) is 0 Å². The van der Waals surface area contributed by atoms with Gasteiger partial charge in [-0.15, -0.1) is 11.3 Å². The molecule has 3 aromatic rings. The molecule has 0 bridgehead atoms. The van der Waals surface area contributed by atoms with Crippen molar-refractivity contribution < 1.29 is 0 Å². The van der Waals surface area contributed by atoms with E-state index in [-0.39, 0.29) is 0 Å². The van der Waals surface area contributed by atoms with Gasteiger partial charge < -0.3 is 0 Å². The van der Waals surface area contributed by atoms with Crippen molar-refractivity contribution in [1.29, 1.82) is 0 Å². The first-order chi connectivity index (χ1) is 9.67. The summed E-state index contributed by atoms with van der Waals surface area (Å²) in [5.41, 5.74) is 5.96. The third-order valence-electron chi connectivity index (χ3n) is 4.43. The fourth-order valence-electron chi connectivity index (χ4n) is 3.18. The van der Waals surface area contributed by atoms with Gasteiger partial charge >= 0.3 is 0 Å². The SMILES string of the molecule is CCCc1ccc2c(sc3c(C)c(CC)ccc32)c1C. The molecule has 0 spiro atoms. The monoisotopic (exact) mass is 282 g/mol. The minimum atomic E-state index is 1.12. The molecule has 3 rings (SSSR count). The summed E-state index contributed by atoms with van der Waals surface area (Å²) in [6, 6.07) is 9.28. The predicted octanol–water partition coefficient (Wildman–Crippen LogP) is 6.19. The van der Waals surface area contributed by atoms with Gasteiger partial charge in [-0.1, -0.05) is 44.5 Å². The van der Waals surface area contributed by atoms with E-state index in [4.69, 9.17) is 0 Å². The van der Waals surface area contributed by atoms with Gasteiger partial charge in [-0.2, -0.15) is 0 Å². The van der Waals surface area contributed by atoms with E-state index >= 15 is 0 Å². The van der Waals surface area contributed by atoms with E-state index in [0.717, 1.165) is 6.42 Å². The van der Waals surface area contributed by atoms with E-state index in [1.165, 1.54) is 55.3 Å². The van der Waals surface area contributed by atoms with Crippen molar-refractivity contribution in [3.05, 3.63) is 46.5 Å². The van der Waals surface area contributed by atoms with Gasteiger partial charge in [-0.05, 0) is 48.9 Å². The highest BCUT2D eigenvalue weighted by atomic mass is 32.1. The molecule has 0 fully saturated rings. The molecule has 0 unspecified atom stereocenters. The standard InChI is InChI=1S/C19H22S/c1-5-7-15-9-11-17-16-10-8-14(6-2)12(3)18(16)20-19(17)13(15)4/h8-11H,5-7H2,1-4H3. The molecule has 104 valence electrons. The molecule has 2 aromatic carbocycles. The zero-order chi connectivity index (χ0) is 14.3. The van der Waals surface area contributed by atoms with Gasteiger partial charge in [-0.3, -0.25) is 0 Å². The topological polar surface area (TPSA) is 0 Å². The van der Waals surface area contributed by atoms with Crippen LogP contribution in [-0.4, -0.2) is 0 Å². The summed E-state index contributed by atoms with van der Waals surface area (Å²) < 4.78 is 2.97. The highest BCUT2D eigenvalue weighted by Crippen LogP contribution is 2.39. The number of hydrogen-bond donors (Lipinski definition) is 0. The summed E-state index contributed by atoms with van der Waals surface area (Å²) in [6.07, 6.45) is 3.53. The molecule has 0 saturated heterocycles. The van der Waals surface area contributed by atoms with E-state index < -0.39 is 0 Å². The molecule has 0 nitrogen and oxygen atoms in total. The van der Waals surface area contributed by atoms with Crippen molar-refractivity contribution in [1.82, 2.24) is 0 Å². The third kappa shape index (κ3) is 1.96. The van der Waals surface area contributed by atoms with Crippen LogP contribution < -0.4 is 0 Å². The van der Waals surface area contributed by atoms with Crippen LogP contribution in [0.3, 0.4) is 0 Å². The average Bonchev–Trinajstić information content (AvgIpc) is 2.83. The van der Waals surface area contributed by atoms with E-state index in [1.54, 1.807) is 0 Å². The molecule has 0 atom stereocenters. The molecule has 0 radical (unpaired) electrons. The van der Waals surface area contributed by atoms with Crippen LogP contribution in [0, 0.1) is 13.8 Å². The van der Waals surface area contributed by atoms with Crippen molar-refractivity contribution in [2.24, 2.45) is 0 Å². The molecule has 1 heterocycles. The van der Waals surface area contributed by atoms with Crippen molar-refractivity contribution >= 4 is 31.5 Å². The summed E-state index contributed by atoms with van der Waals surface area (Å²) in [5.74, 6) is 0. The van der Waals surface area contributed by atoms with Gasteiger partial charge in [0, 0.05) is 20.2 Å². The molecule has 0 aliphatic carbocycles. The maximum absolute atomic E-state index is 2.33. The average molecular weight is 282 g/mol. The predicted molar refractivity (Wildman–Crippen MR) is 92.2 cm³/mol. The highest BCUT2D eigenvalue weighted by molar-refractivity contribution is 7.26. The van der Waals surface area contributed by atoms with E-state index in [1.807, 2.05) is 11.3 Å². The Kier molecular flexibility index (Phi) is 3.55. The molecule has 0 N–H and O–H groups in total. The first-order valence-electron chi connectivity index (χ1n) is 7.60. The Labute approximate surface area is 125 Å². The second-order valence-corrected chi connectivity index (χ2v) is 6.68. The van der Waals surface area contributed by atoms with Gasteiger partial charge in [0.1, 0.15) is 0 Å². The van der Waals surface area contributed by atoms with Gasteiger partial charge in [0.25, 0.3) is 0 Å². The highest BCUT2D eigenvalue weighted by Gasteiger charge is 2.12. The summed E-state index contributed by atoms with van der Waals surface area (Å²) >= 11 is 1.98. The molecule has 20 heavy (non-hydrogen) atoms. The molecular weight excluding hydrogens is 260 g/mol. The van der Waals surface area contributed by atoms with Gasteiger partial charge in [0.05, 0.1) is 0 Å². The van der Waals surface area contributed by atoms with Crippen LogP contribution >= 0.6 is 11.3 Å². The fraction of sp³-hybridized carbons (Fsp3) is 0.368. The van der Waals surface area contributed by atoms with Crippen LogP contribution in [0.15, 0.2) is 24.3 Å². The number of aryl methyl sites for hydroxylation is 4. The lowest BCUT2D eigenvalue weighted by molar-refractivity contribution is 0.916. The smallest absolute Gasteiger partial charge is 0.0387 e. The third-order valence-corrected chi connectivity index (χ3v) is 5.89. The lowest BCUT2D eigenvalue weighted by Gasteiger charge is -2.05. The lowest BCUT2D eigenvalue weighted by atomic mass is 9.99. The summed E-state index contributed by atoms with van der Waals surface area (Å²) in [4.78, 5) is 0. The van der Waals surface area contributed by atoms with Crippen LogP contribution in [-0.2, 0) is 12.8 Å². The van der Waals surface area contributed by atoms with Gasteiger partial charge in [-0.25, -0.2) is 0 Å². The molecule has 0 aliphatic heterocycles. The molecule has 1 aromatic heterocycles. The number of fused-ring (bicyclic) bond motifs is 3. The minimum Gasteiger partial charge on any atom is -0.135 e. The lowest BCUT2D eigenvalue weighted by Crippen LogP contribution is -1.87. The minimum absolute atomic E-state index is 1.12. The number of rotatable bonds is 3. The van der Waals surface area contributed by atoms with Crippen LogP contribution in [0.25, 0.3) is 20.2 Å². The number of benzene rings is 2. The summed E-state index contributed by atoms with van der Waals surface area (Å²) in [7, 11) is 0. The molecule has 1 heteroatoms. The number of thiophene rings is 1. The van der Waals surface area contributed by atoms with Crippen LogP contribution in [0.4, 0.5) is 0 Å². The van der Waals surface area contributed by atoms with E-state index in [0.29, 0.717) is 0 Å². The molecule has 0 amide bonds. The maximum atomic E-state index is 2.33. The Morgan fingerprint density at radius 2 is 1.35 bits per heavy atom. The van der Waals surface area contributed by atoms with Gasteiger partial charge in [0.2, 0.25) is 0 Å². The Balaban J connectivity index is 2.35. The second kappa shape index (κ2) is 5.21. The van der Waals surface area contributed by atoms with Gasteiger partial charge in [0.15, 0.2) is 0 Å². The first-order valence-corrected chi connectivity index (χ1v) is 8.42. The zero-order valence-corrected chi connectivity index (χ0v) is 13.7. The van der Waals surface area contributed by atoms with Crippen LogP contribution in [0.5, 0.6) is 0 Å². The summed E-state index contributed by atoms with van der Waals surface area (Å²) in [5, 5.41) is 2.87.